The van der Waals surface area contributed by atoms with E-state index >= 15 is 0 Å². The minimum atomic E-state index is -1.18. The van der Waals surface area contributed by atoms with Gasteiger partial charge in [0.1, 0.15) is 0 Å². The van der Waals surface area contributed by atoms with Crippen LogP contribution in [0.1, 0.15) is 40.9 Å². The summed E-state index contributed by atoms with van der Waals surface area (Å²) in [4.78, 5) is 24.6. The molecular weight excluding hydrogens is 250 g/mol. The van der Waals surface area contributed by atoms with E-state index in [2.05, 4.69) is 0 Å². The molecule has 1 aromatic heterocycles. The zero-order valence-corrected chi connectivity index (χ0v) is 11.0. The number of piperidine rings is 1. The molecule has 0 saturated carbocycles. The van der Waals surface area contributed by atoms with Crippen molar-refractivity contribution in [2.75, 3.05) is 20.2 Å². The van der Waals surface area contributed by atoms with Gasteiger partial charge in [0.15, 0.2) is 5.76 Å². The lowest BCUT2D eigenvalue weighted by Gasteiger charge is -2.39. The highest BCUT2D eigenvalue weighted by atomic mass is 16.5. The lowest BCUT2D eigenvalue weighted by Crippen LogP contribution is -2.49. The molecule has 2 rings (SSSR count). The van der Waals surface area contributed by atoms with Gasteiger partial charge in [-0.1, -0.05) is 0 Å². The Morgan fingerprint density at radius 1 is 1.42 bits per heavy atom. The third-order valence-electron chi connectivity index (χ3n) is 3.47. The molecule has 0 radical (unpaired) electrons. The number of aromatic carboxylic acids is 1. The number of carbonyl (C=O) groups excluding carboxylic acids is 1. The molecule has 2 heterocycles. The molecule has 104 valence electrons. The second kappa shape index (κ2) is 5.05. The van der Waals surface area contributed by atoms with E-state index in [1.54, 1.807) is 12.0 Å². The van der Waals surface area contributed by atoms with Crippen molar-refractivity contribution < 1.29 is 23.8 Å². The van der Waals surface area contributed by atoms with Gasteiger partial charge in [-0.25, -0.2) is 4.79 Å². The maximum absolute atomic E-state index is 12.2. The van der Waals surface area contributed by atoms with Crippen LogP contribution >= 0.6 is 0 Å². The van der Waals surface area contributed by atoms with E-state index in [1.807, 2.05) is 6.92 Å². The summed E-state index contributed by atoms with van der Waals surface area (Å²) in [5.74, 6) is -1.65. The van der Waals surface area contributed by atoms with Crippen molar-refractivity contribution in [1.82, 2.24) is 4.90 Å². The minimum absolute atomic E-state index is 0.0535. The number of nitrogens with zero attached hydrogens (tertiary/aromatic N) is 1. The second-order valence-corrected chi connectivity index (χ2v) is 4.95. The fourth-order valence-electron chi connectivity index (χ4n) is 2.27. The fourth-order valence-corrected chi connectivity index (χ4v) is 2.27. The van der Waals surface area contributed by atoms with Crippen LogP contribution in [0.15, 0.2) is 16.5 Å². The SMILES string of the molecule is COC1(C)CCCN(C(=O)c2ccc(C(=O)O)o2)C1. The monoisotopic (exact) mass is 267 g/mol. The van der Waals surface area contributed by atoms with E-state index in [0.29, 0.717) is 13.1 Å². The van der Waals surface area contributed by atoms with Gasteiger partial charge in [0.05, 0.1) is 5.60 Å². The van der Waals surface area contributed by atoms with E-state index in [4.69, 9.17) is 14.3 Å². The van der Waals surface area contributed by atoms with E-state index < -0.39 is 5.97 Å². The predicted octanol–water partition coefficient (Wildman–Crippen LogP) is 1.62. The van der Waals surface area contributed by atoms with E-state index in [0.717, 1.165) is 12.8 Å². The smallest absolute Gasteiger partial charge is 0.371 e. The maximum Gasteiger partial charge on any atom is 0.371 e. The van der Waals surface area contributed by atoms with Gasteiger partial charge in [-0.2, -0.15) is 0 Å². The molecule has 1 atom stereocenters. The number of likely N-dealkylation sites (tertiary alicyclic amines) is 1. The first kappa shape index (κ1) is 13.6. The van der Waals surface area contributed by atoms with Crippen LogP contribution in [0.25, 0.3) is 0 Å². The molecule has 1 N–H and O–H groups in total. The zero-order chi connectivity index (χ0) is 14.0. The third-order valence-corrected chi connectivity index (χ3v) is 3.47. The molecule has 1 saturated heterocycles. The highest BCUT2D eigenvalue weighted by Crippen LogP contribution is 2.25. The summed E-state index contributed by atoms with van der Waals surface area (Å²) >= 11 is 0. The number of ether oxygens (including phenoxy) is 1. The molecular formula is C13H17NO5. The van der Waals surface area contributed by atoms with E-state index in [9.17, 15) is 9.59 Å². The van der Waals surface area contributed by atoms with Gasteiger partial charge in [-0.15, -0.1) is 0 Å². The average Bonchev–Trinajstić information content (AvgIpc) is 2.87. The van der Waals surface area contributed by atoms with Crippen LogP contribution in [0.3, 0.4) is 0 Å². The van der Waals surface area contributed by atoms with Crippen LogP contribution in [0.4, 0.5) is 0 Å². The molecule has 1 aliphatic rings. The Labute approximate surface area is 110 Å². The summed E-state index contributed by atoms with van der Waals surface area (Å²) < 4.78 is 10.5. The fraction of sp³-hybridized carbons (Fsp3) is 0.538. The number of methoxy groups -OCH3 is 1. The van der Waals surface area contributed by atoms with Gasteiger partial charge in [0.25, 0.3) is 5.91 Å². The van der Waals surface area contributed by atoms with Crippen molar-refractivity contribution in [1.29, 1.82) is 0 Å². The van der Waals surface area contributed by atoms with Gasteiger partial charge < -0.3 is 19.2 Å². The predicted molar refractivity (Wildman–Crippen MR) is 66.2 cm³/mol. The quantitative estimate of drug-likeness (QED) is 0.900. The summed E-state index contributed by atoms with van der Waals surface area (Å²) in [5.41, 5.74) is -0.351. The molecule has 0 spiro atoms. The normalized spacial score (nSPS) is 23.4. The van der Waals surface area contributed by atoms with Crippen LogP contribution in [0.2, 0.25) is 0 Å². The molecule has 1 amide bonds. The number of hydrogen-bond donors (Lipinski definition) is 1. The van der Waals surface area contributed by atoms with Crippen LogP contribution < -0.4 is 0 Å². The zero-order valence-electron chi connectivity index (χ0n) is 11.0. The summed E-state index contributed by atoms with van der Waals surface area (Å²) in [7, 11) is 1.63. The molecule has 1 aliphatic heterocycles. The van der Waals surface area contributed by atoms with Crippen LogP contribution in [-0.2, 0) is 4.74 Å². The van der Waals surface area contributed by atoms with Crippen LogP contribution in [0.5, 0.6) is 0 Å². The Balaban J connectivity index is 2.12. The Kier molecular flexibility index (Phi) is 3.61. The highest BCUT2D eigenvalue weighted by molar-refractivity contribution is 5.93. The molecule has 1 fully saturated rings. The number of hydrogen-bond acceptors (Lipinski definition) is 4. The standard InChI is InChI=1S/C13H17NO5/c1-13(18-2)6-3-7-14(8-13)11(15)9-4-5-10(19-9)12(16)17/h4-5H,3,6-8H2,1-2H3,(H,16,17). The highest BCUT2D eigenvalue weighted by Gasteiger charge is 2.34. The van der Waals surface area contributed by atoms with Crippen molar-refractivity contribution in [3.8, 4) is 0 Å². The molecule has 1 unspecified atom stereocenters. The molecule has 0 aromatic carbocycles. The third kappa shape index (κ3) is 2.78. The number of furan rings is 1. The summed E-state index contributed by atoms with van der Waals surface area (Å²) in [6.07, 6.45) is 1.74. The summed E-state index contributed by atoms with van der Waals surface area (Å²) in [6, 6.07) is 2.68. The lowest BCUT2D eigenvalue weighted by atomic mass is 9.94. The molecule has 6 nitrogen and oxygen atoms in total. The molecule has 0 aliphatic carbocycles. The number of carbonyl (C=O) groups is 2. The first-order valence-corrected chi connectivity index (χ1v) is 6.13. The number of carboxylic acids is 1. The number of rotatable bonds is 3. The largest absolute Gasteiger partial charge is 0.475 e. The van der Waals surface area contributed by atoms with Gasteiger partial charge >= 0.3 is 5.97 Å². The summed E-state index contributed by atoms with van der Waals surface area (Å²) in [6.45, 7) is 3.06. The molecule has 19 heavy (non-hydrogen) atoms. The molecule has 1 aromatic rings. The van der Waals surface area contributed by atoms with Crippen molar-refractivity contribution in [2.45, 2.75) is 25.4 Å². The van der Waals surface area contributed by atoms with E-state index in [1.165, 1.54) is 12.1 Å². The lowest BCUT2D eigenvalue weighted by molar-refractivity contribution is -0.0445. The van der Waals surface area contributed by atoms with Crippen molar-refractivity contribution >= 4 is 11.9 Å². The maximum atomic E-state index is 12.2. The first-order valence-electron chi connectivity index (χ1n) is 6.13. The first-order chi connectivity index (χ1) is 8.95. The van der Waals surface area contributed by atoms with Gasteiger partial charge in [0, 0.05) is 20.2 Å². The number of amides is 1. The Morgan fingerprint density at radius 2 is 2.11 bits per heavy atom. The van der Waals surface area contributed by atoms with Gasteiger partial charge in [-0.3, -0.25) is 4.79 Å². The van der Waals surface area contributed by atoms with Gasteiger partial charge in [-0.05, 0) is 31.9 Å². The van der Waals surface area contributed by atoms with Gasteiger partial charge in [0.2, 0.25) is 5.76 Å². The molecule has 6 heteroatoms. The molecule has 0 bridgehead atoms. The second-order valence-electron chi connectivity index (χ2n) is 4.95. The summed E-state index contributed by atoms with van der Waals surface area (Å²) in [5, 5.41) is 8.77. The number of carboxylic acid groups (broad SMARTS) is 1. The average molecular weight is 267 g/mol. The van der Waals surface area contributed by atoms with E-state index in [-0.39, 0.29) is 23.0 Å². The van der Waals surface area contributed by atoms with Crippen molar-refractivity contribution in [3.63, 3.8) is 0 Å². The van der Waals surface area contributed by atoms with Crippen LogP contribution in [-0.4, -0.2) is 47.7 Å². The minimum Gasteiger partial charge on any atom is -0.475 e. The Morgan fingerprint density at radius 3 is 2.68 bits per heavy atom. The van der Waals surface area contributed by atoms with Crippen LogP contribution in [0, 0.1) is 0 Å². The van der Waals surface area contributed by atoms with Crippen molar-refractivity contribution in [3.05, 3.63) is 23.7 Å². The van der Waals surface area contributed by atoms with Crippen molar-refractivity contribution in [2.24, 2.45) is 0 Å². The Bertz CT molecular complexity index is 495. The Hall–Kier alpha value is -1.82. The topological polar surface area (TPSA) is 80.0 Å².